The molecule has 0 aliphatic carbocycles. The minimum Gasteiger partial charge on any atom is -0.756 e. The number of rotatable bonds is 60. The molecule has 0 aromatic heterocycles. The number of amides is 1. The Labute approximate surface area is 489 Å². The summed E-state index contributed by atoms with van der Waals surface area (Å²) in [7, 11) is 1.18. The number of hydrogen-bond acceptors (Lipinski definition) is 7. The average Bonchev–Trinajstić information content (AvgIpc) is 3.41. The molecule has 3 atom stereocenters. The lowest BCUT2D eigenvalue weighted by atomic mass is 10.0. The van der Waals surface area contributed by atoms with Crippen LogP contribution in [0.2, 0.25) is 0 Å². The Bertz CT molecular complexity index is 1580. The Hall–Kier alpha value is -2.55. The van der Waals surface area contributed by atoms with Gasteiger partial charge in [-0.15, -0.1) is 0 Å². The van der Waals surface area contributed by atoms with Crippen molar-refractivity contribution in [3.63, 3.8) is 0 Å². The number of carbonyl (C=O) groups excluding carboxylic acids is 2. The fourth-order valence-corrected chi connectivity index (χ4v) is 10.2. The lowest BCUT2D eigenvalue weighted by Gasteiger charge is -2.30. The second-order valence-corrected chi connectivity index (χ2v) is 25.0. The van der Waals surface area contributed by atoms with Crippen molar-refractivity contribution in [3.8, 4) is 0 Å². The van der Waals surface area contributed by atoms with Crippen molar-refractivity contribution in [1.29, 1.82) is 0 Å². The molecule has 0 bridgehead atoms. The fraction of sp³-hybridized carbons (Fsp3) is 0.797. The Kier molecular flexibility index (Phi) is 56.7. The topological polar surface area (TPSA) is 114 Å². The molecule has 1 N–H and O–H groups in total. The minimum atomic E-state index is -4.71. The molecule has 0 radical (unpaired) electrons. The molecule has 0 aromatic carbocycles. The van der Waals surface area contributed by atoms with E-state index >= 15 is 0 Å². The number of esters is 1. The molecule has 3 unspecified atom stereocenters. The van der Waals surface area contributed by atoms with E-state index in [0.717, 1.165) is 96.3 Å². The largest absolute Gasteiger partial charge is 0.756 e. The summed E-state index contributed by atoms with van der Waals surface area (Å²) in [5.41, 5.74) is 0. The highest BCUT2D eigenvalue weighted by molar-refractivity contribution is 7.45. The maximum atomic E-state index is 13.6. The first-order chi connectivity index (χ1) is 38.4. The van der Waals surface area contributed by atoms with E-state index in [1.807, 2.05) is 33.3 Å². The number of phosphoric acid groups is 1. The third-order valence-corrected chi connectivity index (χ3v) is 15.6. The summed E-state index contributed by atoms with van der Waals surface area (Å²) in [5.74, 6) is -0.549. The third-order valence-electron chi connectivity index (χ3n) is 14.6. The SMILES string of the molecule is CCCCC/C=C\C/C=C\C/C=C\CCCCCCCCCCCCC(=O)OC(/C=C\CCCCCCCCCCCCC)C(COP(=O)([O-])OCC[N+](C)(C)C)NC(=O)CCCCCCCCC/C=C\C/C=C\CCCCC. The van der Waals surface area contributed by atoms with Gasteiger partial charge in [-0.25, -0.2) is 0 Å². The molecule has 9 nitrogen and oxygen atoms in total. The van der Waals surface area contributed by atoms with Gasteiger partial charge in [0.05, 0.1) is 33.8 Å². The van der Waals surface area contributed by atoms with E-state index in [-0.39, 0.29) is 24.9 Å². The summed E-state index contributed by atoms with van der Waals surface area (Å²) in [6, 6.07) is -0.897. The van der Waals surface area contributed by atoms with Crippen LogP contribution in [0, 0.1) is 0 Å². The van der Waals surface area contributed by atoms with E-state index in [1.54, 1.807) is 0 Å². The molecule has 79 heavy (non-hydrogen) atoms. The molecule has 0 saturated heterocycles. The summed E-state index contributed by atoms with van der Waals surface area (Å²) >= 11 is 0. The Balaban J connectivity index is 5.20. The maximum Gasteiger partial charge on any atom is 0.306 e. The molecule has 0 aromatic rings. The van der Waals surface area contributed by atoms with Gasteiger partial charge in [0.15, 0.2) is 0 Å². The number of ether oxygens (including phenoxy) is 1. The van der Waals surface area contributed by atoms with Crippen molar-refractivity contribution in [2.45, 2.75) is 315 Å². The van der Waals surface area contributed by atoms with Crippen LogP contribution in [-0.4, -0.2) is 69.4 Å². The van der Waals surface area contributed by atoms with Gasteiger partial charge in [0, 0.05) is 12.8 Å². The Morgan fingerprint density at radius 2 is 0.772 bits per heavy atom. The standard InChI is InChI=1S/C69H127N2O7P/c1-7-10-13-16-19-22-25-28-30-32-33-34-35-36-37-39-41-44-47-50-53-56-59-62-69(73)78-67(60-57-54-51-48-45-42-27-24-21-18-15-12-9-3)66(65-77-79(74,75)76-64-63-71(4,5)6)70-68(72)61-58-55-52-49-46-43-40-38-31-29-26-23-20-17-14-11-8-2/h19-20,22-23,28-31,33-34,57,60,66-67H,7-18,21,24-27,32,35-56,58-59,61-65H2,1-6H3,(H-,70,72,74,75)/b22-19-,23-20-,30-28-,31-29-,34-33-,60-57-. The van der Waals surface area contributed by atoms with E-state index in [4.69, 9.17) is 13.8 Å². The number of allylic oxidation sites excluding steroid dienone is 11. The van der Waals surface area contributed by atoms with Crippen molar-refractivity contribution >= 4 is 19.7 Å². The number of quaternary nitrogens is 1. The van der Waals surface area contributed by atoms with Gasteiger partial charge >= 0.3 is 5.97 Å². The van der Waals surface area contributed by atoms with Gasteiger partial charge in [0.25, 0.3) is 7.82 Å². The first-order valence-corrected chi connectivity index (χ1v) is 34.7. The number of unbranched alkanes of at least 4 members (excludes halogenated alkanes) is 34. The normalized spacial score (nSPS) is 14.1. The summed E-state index contributed by atoms with van der Waals surface area (Å²) < 4.78 is 30.4. The van der Waals surface area contributed by atoms with Gasteiger partial charge < -0.3 is 28.5 Å². The number of carbonyl (C=O) groups is 2. The van der Waals surface area contributed by atoms with E-state index < -0.39 is 26.6 Å². The van der Waals surface area contributed by atoms with Gasteiger partial charge in [0.1, 0.15) is 19.3 Å². The maximum absolute atomic E-state index is 13.6. The molecule has 0 aliphatic heterocycles. The number of phosphoric ester groups is 1. The highest BCUT2D eigenvalue weighted by Gasteiger charge is 2.27. The minimum absolute atomic E-state index is 0.0263. The second kappa shape index (κ2) is 58.6. The van der Waals surface area contributed by atoms with Crippen LogP contribution >= 0.6 is 7.82 Å². The van der Waals surface area contributed by atoms with Crippen LogP contribution in [0.1, 0.15) is 303 Å². The molecule has 0 rings (SSSR count). The lowest BCUT2D eigenvalue weighted by molar-refractivity contribution is -0.870. The number of likely N-dealkylation sites (N-methyl/N-ethyl adjacent to an activating group) is 1. The average molecular weight is 1130 g/mol. The quantitative estimate of drug-likeness (QED) is 0.0212. The molecule has 0 aliphatic rings. The van der Waals surface area contributed by atoms with Crippen LogP contribution in [0.3, 0.4) is 0 Å². The van der Waals surface area contributed by atoms with E-state index in [0.29, 0.717) is 17.4 Å². The van der Waals surface area contributed by atoms with Crippen LogP contribution < -0.4 is 10.2 Å². The highest BCUT2D eigenvalue weighted by atomic mass is 31.2. The summed E-state index contributed by atoms with van der Waals surface area (Å²) in [4.78, 5) is 40.1. The third kappa shape index (κ3) is 59.9. The second-order valence-electron chi connectivity index (χ2n) is 23.6. The summed E-state index contributed by atoms with van der Waals surface area (Å²) in [5, 5.41) is 3.03. The van der Waals surface area contributed by atoms with Gasteiger partial charge in [0.2, 0.25) is 5.91 Å². The molecular formula is C69H127N2O7P. The number of hydrogen-bond donors (Lipinski definition) is 1. The molecule has 0 heterocycles. The highest BCUT2D eigenvalue weighted by Crippen LogP contribution is 2.38. The molecule has 460 valence electrons. The van der Waals surface area contributed by atoms with Gasteiger partial charge in [-0.2, -0.15) is 0 Å². The first-order valence-electron chi connectivity index (χ1n) is 33.2. The zero-order chi connectivity index (χ0) is 57.9. The molecule has 0 saturated carbocycles. The van der Waals surface area contributed by atoms with Crippen molar-refractivity contribution < 1.29 is 37.3 Å². The predicted octanol–water partition coefficient (Wildman–Crippen LogP) is 20.2. The van der Waals surface area contributed by atoms with Gasteiger partial charge in [-0.1, -0.05) is 261 Å². The van der Waals surface area contributed by atoms with Crippen molar-refractivity contribution in [2.24, 2.45) is 0 Å². The van der Waals surface area contributed by atoms with Crippen LogP contribution in [0.25, 0.3) is 0 Å². The van der Waals surface area contributed by atoms with Crippen LogP contribution in [-0.2, 0) is 27.9 Å². The van der Waals surface area contributed by atoms with Crippen LogP contribution in [0.5, 0.6) is 0 Å². The number of nitrogens with one attached hydrogen (secondary N) is 1. The smallest absolute Gasteiger partial charge is 0.306 e. The van der Waals surface area contributed by atoms with E-state index in [9.17, 15) is 19.0 Å². The Morgan fingerprint density at radius 1 is 0.443 bits per heavy atom. The molecule has 1 amide bonds. The lowest BCUT2D eigenvalue weighted by Crippen LogP contribution is -2.47. The molecule has 0 spiro atoms. The van der Waals surface area contributed by atoms with E-state index in [1.165, 1.54) is 173 Å². The van der Waals surface area contributed by atoms with Gasteiger partial charge in [-0.3, -0.25) is 14.2 Å². The van der Waals surface area contributed by atoms with E-state index in [2.05, 4.69) is 86.8 Å². The van der Waals surface area contributed by atoms with Crippen molar-refractivity contribution in [1.82, 2.24) is 5.32 Å². The molecule has 0 fully saturated rings. The van der Waals surface area contributed by atoms with Crippen molar-refractivity contribution in [2.75, 3.05) is 40.9 Å². The predicted molar refractivity (Wildman–Crippen MR) is 339 cm³/mol. The summed E-state index contributed by atoms with van der Waals surface area (Å²) in [6.07, 6.45) is 75.8. The monoisotopic (exact) mass is 1130 g/mol. The summed E-state index contributed by atoms with van der Waals surface area (Å²) in [6.45, 7) is 6.80. The Morgan fingerprint density at radius 3 is 1.18 bits per heavy atom. The zero-order valence-corrected chi connectivity index (χ0v) is 53.5. The van der Waals surface area contributed by atoms with Gasteiger partial charge in [-0.05, 0) is 102 Å². The molecule has 10 heteroatoms. The first kappa shape index (κ1) is 76.5. The van der Waals surface area contributed by atoms with Crippen LogP contribution in [0.4, 0.5) is 0 Å². The zero-order valence-electron chi connectivity index (χ0n) is 52.6. The van der Waals surface area contributed by atoms with Crippen molar-refractivity contribution in [3.05, 3.63) is 72.9 Å². The molecular weight excluding hydrogens is 1000 g/mol. The fourth-order valence-electron chi connectivity index (χ4n) is 9.44. The number of nitrogens with zero attached hydrogens (tertiary/aromatic N) is 1. The van der Waals surface area contributed by atoms with Crippen LogP contribution in [0.15, 0.2) is 72.9 Å².